The normalized spacial score (nSPS) is 11.0. The minimum atomic E-state index is -1.07. The number of carbonyl (C=O) groups excluding carboxylic acids is 2. The molecule has 0 bridgehead atoms. The first kappa shape index (κ1) is 19.3. The van der Waals surface area contributed by atoms with Crippen LogP contribution in [0.4, 0.5) is 9.80 Å². The van der Waals surface area contributed by atoms with Gasteiger partial charge >= 0.3 is 12.0 Å². The van der Waals surface area contributed by atoms with Crippen molar-refractivity contribution in [3.8, 4) is 0 Å². The van der Waals surface area contributed by atoms with Crippen LogP contribution < -0.4 is 10.6 Å². The summed E-state index contributed by atoms with van der Waals surface area (Å²) in [6, 6.07) is 12.4. The number of carbonyl (C=O) groups is 2. The topological polar surface area (TPSA) is 67.4 Å². The molecular weight excluding hydrogens is 360 g/mol. The molecule has 134 valence electrons. The number of nitrogens with one attached hydrogen (secondary N) is 2. The van der Waals surface area contributed by atoms with Crippen LogP contribution in [0.2, 0.25) is 4.34 Å². The van der Waals surface area contributed by atoms with Crippen molar-refractivity contribution < 1.29 is 14.3 Å². The highest BCUT2D eigenvalue weighted by Crippen LogP contribution is 2.26. The van der Waals surface area contributed by atoms with Crippen LogP contribution in [0, 0.1) is 0 Å². The Morgan fingerprint density at radius 2 is 1.80 bits per heavy atom. The quantitative estimate of drug-likeness (QED) is 0.676. The van der Waals surface area contributed by atoms with Crippen LogP contribution in [0.3, 0.4) is 0 Å². The number of amides is 2. The number of thiophene rings is 1. The lowest BCUT2D eigenvalue weighted by atomic mass is 9.93. The van der Waals surface area contributed by atoms with Gasteiger partial charge in [-0.3, -0.25) is 5.32 Å². The third-order valence-electron chi connectivity index (χ3n) is 3.97. The second-order valence-electron chi connectivity index (χ2n) is 5.53. The standard InChI is InChI=1S/C18H21ClN2O3S/c1-3-18(4-2,16(22)24-12-13-8-6-5-7-9-13)21-17(23)20-15-11-10-14(19)25-15/h5-11H,3-4,12H2,1-2H3,(H2,20,21,23). The summed E-state index contributed by atoms with van der Waals surface area (Å²) in [6.45, 7) is 3.86. The Morgan fingerprint density at radius 3 is 2.36 bits per heavy atom. The van der Waals surface area contributed by atoms with Gasteiger partial charge in [0.25, 0.3) is 0 Å². The summed E-state index contributed by atoms with van der Waals surface area (Å²) in [5.41, 5.74) is -0.172. The minimum absolute atomic E-state index is 0.172. The van der Waals surface area contributed by atoms with Crippen LogP contribution in [0.25, 0.3) is 0 Å². The number of benzene rings is 1. The van der Waals surface area contributed by atoms with E-state index in [2.05, 4.69) is 10.6 Å². The van der Waals surface area contributed by atoms with Crippen molar-refractivity contribution in [1.82, 2.24) is 5.32 Å². The van der Waals surface area contributed by atoms with E-state index in [9.17, 15) is 9.59 Å². The molecule has 0 fully saturated rings. The number of esters is 1. The number of hydrogen-bond donors (Lipinski definition) is 2. The molecule has 0 aliphatic carbocycles. The van der Waals surface area contributed by atoms with Gasteiger partial charge in [0.15, 0.2) is 0 Å². The molecule has 1 aromatic heterocycles. The summed E-state index contributed by atoms with van der Waals surface area (Å²) in [4.78, 5) is 24.9. The lowest BCUT2D eigenvalue weighted by Crippen LogP contribution is -2.55. The number of ether oxygens (including phenoxy) is 1. The maximum atomic E-state index is 12.6. The molecule has 0 aliphatic heterocycles. The highest BCUT2D eigenvalue weighted by molar-refractivity contribution is 7.20. The number of hydrogen-bond acceptors (Lipinski definition) is 4. The van der Waals surface area contributed by atoms with Crippen molar-refractivity contribution in [2.24, 2.45) is 0 Å². The van der Waals surface area contributed by atoms with Crippen LogP contribution in [-0.2, 0) is 16.1 Å². The summed E-state index contributed by atoms with van der Waals surface area (Å²) in [5.74, 6) is -0.444. The lowest BCUT2D eigenvalue weighted by molar-refractivity contribution is -0.153. The van der Waals surface area contributed by atoms with E-state index in [0.29, 0.717) is 22.2 Å². The highest BCUT2D eigenvalue weighted by atomic mass is 35.5. The SMILES string of the molecule is CCC(CC)(NC(=O)Nc1ccc(Cl)s1)C(=O)OCc1ccccc1. The molecule has 0 aliphatic rings. The molecule has 7 heteroatoms. The molecule has 2 amide bonds. The molecule has 0 saturated heterocycles. The van der Waals surface area contributed by atoms with Gasteiger partial charge in [0, 0.05) is 0 Å². The fourth-order valence-corrected chi connectivity index (χ4v) is 3.31. The Hall–Kier alpha value is -2.05. The van der Waals surface area contributed by atoms with Gasteiger partial charge in [-0.15, -0.1) is 11.3 Å². The Morgan fingerprint density at radius 1 is 1.12 bits per heavy atom. The van der Waals surface area contributed by atoms with Gasteiger partial charge in [-0.1, -0.05) is 55.8 Å². The summed E-state index contributed by atoms with van der Waals surface area (Å²) < 4.78 is 6.01. The van der Waals surface area contributed by atoms with Crippen LogP contribution in [0.15, 0.2) is 42.5 Å². The zero-order valence-electron chi connectivity index (χ0n) is 14.2. The zero-order valence-corrected chi connectivity index (χ0v) is 15.7. The molecule has 5 nitrogen and oxygen atoms in total. The fraction of sp³-hybridized carbons (Fsp3) is 0.333. The molecule has 0 unspecified atom stereocenters. The van der Waals surface area contributed by atoms with E-state index in [1.165, 1.54) is 11.3 Å². The van der Waals surface area contributed by atoms with Crippen LogP contribution >= 0.6 is 22.9 Å². The minimum Gasteiger partial charge on any atom is -0.459 e. The van der Waals surface area contributed by atoms with Crippen molar-refractivity contribution in [3.05, 3.63) is 52.4 Å². The maximum Gasteiger partial charge on any atom is 0.332 e. The first-order valence-corrected chi connectivity index (χ1v) is 9.24. The van der Waals surface area contributed by atoms with E-state index in [0.717, 1.165) is 5.56 Å². The van der Waals surface area contributed by atoms with E-state index in [1.807, 2.05) is 44.2 Å². The first-order valence-electron chi connectivity index (χ1n) is 8.04. The molecule has 2 N–H and O–H groups in total. The third-order valence-corrected chi connectivity index (χ3v) is 5.12. The average Bonchev–Trinajstić information content (AvgIpc) is 3.03. The lowest BCUT2D eigenvalue weighted by Gasteiger charge is -2.30. The van der Waals surface area contributed by atoms with Gasteiger partial charge in [0.1, 0.15) is 12.1 Å². The van der Waals surface area contributed by atoms with Gasteiger partial charge in [-0.2, -0.15) is 0 Å². The van der Waals surface area contributed by atoms with E-state index in [1.54, 1.807) is 12.1 Å². The summed E-state index contributed by atoms with van der Waals surface area (Å²) in [6.07, 6.45) is 0.853. The van der Waals surface area contributed by atoms with Gasteiger partial charge in [0.2, 0.25) is 0 Å². The second kappa shape index (κ2) is 8.87. The highest BCUT2D eigenvalue weighted by Gasteiger charge is 2.38. The van der Waals surface area contributed by atoms with Crippen molar-refractivity contribution >= 4 is 39.9 Å². The van der Waals surface area contributed by atoms with E-state index in [-0.39, 0.29) is 6.61 Å². The predicted molar refractivity (Wildman–Crippen MR) is 101 cm³/mol. The predicted octanol–water partition coefficient (Wildman–Crippen LogP) is 4.83. The smallest absolute Gasteiger partial charge is 0.332 e. The molecule has 1 aromatic carbocycles. The molecule has 0 spiro atoms. The van der Waals surface area contributed by atoms with Crippen molar-refractivity contribution in [2.75, 3.05) is 5.32 Å². The Labute approximate surface area is 156 Å². The van der Waals surface area contributed by atoms with Crippen molar-refractivity contribution in [3.63, 3.8) is 0 Å². The maximum absolute atomic E-state index is 12.6. The van der Waals surface area contributed by atoms with E-state index < -0.39 is 17.5 Å². The van der Waals surface area contributed by atoms with Gasteiger partial charge in [-0.25, -0.2) is 9.59 Å². The van der Waals surface area contributed by atoms with Gasteiger partial charge < -0.3 is 10.1 Å². The van der Waals surface area contributed by atoms with E-state index >= 15 is 0 Å². The summed E-state index contributed by atoms with van der Waals surface area (Å²) in [7, 11) is 0. The van der Waals surface area contributed by atoms with Crippen LogP contribution in [0.1, 0.15) is 32.3 Å². The number of anilines is 1. The molecule has 0 atom stereocenters. The van der Waals surface area contributed by atoms with Crippen molar-refractivity contribution in [1.29, 1.82) is 0 Å². The molecule has 0 saturated carbocycles. The largest absolute Gasteiger partial charge is 0.459 e. The summed E-state index contributed by atoms with van der Waals surface area (Å²) >= 11 is 7.10. The van der Waals surface area contributed by atoms with Crippen molar-refractivity contribution in [2.45, 2.75) is 38.8 Å². The second-order valence-corrected chi connectivity index (χ2v) is 7.25. The Kier molecular flexibility index (Phi) is 6.84. The third kappa shape index (κ3) is 5.21. The van der Waals surface area contributed by atoms with E-state index in [4.69, 9.17) is 16.3 Å². The van der Waals surface area contributed by atoms with Crippen LogP contribution in [0.5, 0.6) is 0 Å². The molecule has 1 heterocycles. The fourth-order valence-electron chi connectivity index (χ4n) is 2.37. The monoisotopic (exact) mass is 380 g/mol. The molecule has 25 heavy (non-hydrogen) atoms. The van der Waals surface area contributed by atoms with Crippen LogP contribution in [-0.4, -0.2) is 17.5 Å². The summed E-state index contributed by atoms with van der Waals surface area (Å²) in [5, 5.41) is 6.07. The van der Waals surface area contributed by atoms with Gasteiger partial charge in [-0.05, 0) is 30.5 Å². The number of rotatable bonds is 7. The number of urea groups is 1. The Balaban J connectivity index is 2.00. The first-order chi connectivity index (χ1) is 12.0. The molecule has 0 radical (unpaired) electrons. The average molecular weight is 381 g/mol. The van der Waals surface area contributed by atoms with Gasteiger partial charge in [0.05, 0.1) is 9.34 Å². The zero-order chi connectivity index (χ0) is 18.3. The molecular formula is C18H21ClN2O3S. The molecule has 2 rings (SSSR count). The Bertz CT molecular complexity index is 714. The number of halogens is 1. The molecule has 2 aromatic rings.